The Morgan fingerprint density at radius 2 is 1.49 bits per heavy atom. The number of carbonyl (C=O) groups is 2. The van der Waals surface area contributed by atoms with Crippen molar-refractivity contribution >= 4 is 39.4 Å². The summed E-state index contributed by atoms with van der Waals surface area (Å²) < 4.78 is 60.1. The molecule has 0 aliphatic heterocycles. The Morgan fingerprint density at radius 1 is 0.829 bits per heavy atom. The fourth-order valence-electron chi connectivity index (χ4n) is 3.55. The predicted octanol–water partition coefficient (Wildman–Crippen LogP) is 4.33. The lowest BCUT2D eigenvalue weighted by Crippen LogP contribution is -2.40. The number of hydrogen-bond acceptors (Lipinski definition) is 6. The molecule has 0 spiro atoms. The molecule has 2 N–H and O–H groups in total. The number of amides is 2. The maximum Gasteiger partial charge on any atom is 0.264 e. The van der Waals surface area contributed by atoms with Gasteiger partial charge in [-0.2, -0.15) is 5.10 Å². The lowest BCUT2D eigenvalue weighted by Gasteiger charge is -2.24. The van der Waals surface area contributed by atoms with E-state index in [2.05, 4.69) is 15.8 Å². The van der Waals surface area contributed by atoms with Crippen molar-refractivity contribution in [2.45, 2.75) is 4.90 Å². The molecule has 12 heteroatoms. The van der Waals surface area contributed by atoms with Crippen LogP contribution in [-0.4, -0.2) is 39.6 Å². The van der Waals surface area contributed by atoms with Gasteiger partial charge in [-0.1, -0.05) is 30.3 Å². The number of ether oxygens (including phenoxy) is 1. The quantitative estimate of drug-likeness (QED) is 0.203. The summed E-state index contributed by atoms with van der Waals surface area (Å²) in [5.41, 5.74) is 2.97. The van der Waals surface area contributed by atoms with Crippen LogP contribution in [0.4, 0.5) is 20.2 Å². The molecular weight excluding hydrogens is 554 g/mol. The fraction of sp³-hybridized carbons (Fsp3) is 0.0690. The van der Waals surface area contributed by atoms with Gasteiger partial charge in [0.05, 0.1) is 16.8 Å². The van der Waals surface area contributed by atoms with Gasteiger partial charge in [0.1, 0.15) is 23.9 Å². The van der Waals surface area contributed by atoms with Crippen molar-refractivity contribution in [1.82, 2.24) is 5.43 Å². The van der Waals surface area contributed by atoms with E-state index in [1.54, 1.807) is 30.3 Å². The lowest BCUT2D eigenvalue weighted by molar-refractivity contribution is -0.119. The minimum absolute atomic E-state index is 0.102. The Kier molecular flexibility index (Phi) is 9.38. The van der Waals surface area contributed by atoms with Gasteiger partial charge in [0.15, 0.2) is 6.61 Å². The number of para-hydroxylation sites is 1. The van der Waals surface area contributed by atoms with Gasteiger partial charge in [-0.25, -0.2) is 22.6 Å². The largest absolute Gasteiger partial charge is 0.484 e. The van der Waals surface area contributed by atoms with E-state index in [1.165, 1.54) is 72.9 Å². The molecule has 2 amide bonds. The predicted molar refractivity (Wildman–Crippen MR) is 150 cm³/mol. The zero-order valence-corrected chi connectivity index (χ0v) is 22.2. The van der Waals surface area contributed by atoms with Gasteiger partial charge >= 0.3 is 0 Å². The van der Waals surface area contributed by atoms with E-state index in [-0.39, 0.29) is 17.2 Å². The summed E-state index contributed by atoms with van der Waals surface area (Å²) >= 11 is 0. The number of sulfonamides is 1. The molecule has 4 aromatic rings. The molecule has 41 heavy (non-hydrogen) atoms. The normalized spacial score (nSPS) is 11.2. The third-order valence-electron chi connectivity index (χ3n) is 5.52. The molecule has 0 saturated carbocycles. The average Bonchev–Trinajstić information content (AvgIpc) is 2.97. The molecule has 0 atom stereocenters. The Morgan fingerprint density at radius 3 is 2.17 bits per heavy atom. The number of nitrogens with zero attached hydrogens (tertiary/aromatic N) is 2. The summed E-state index contributed by atoms with van der Waals surface area (Å²) in [5.74, 6) is -2.05. The van der Waals surface area contributed by atoms with Crippen molar-refractivity contribution < 1.29 is 31.5 Å². The van der Waals surface area contributed by atoms with Crippen LogP contribution in [0.2, 0.25) is 0 Å². The van der Waals surface area contributed by atoms with E-state index in [4.69, 9.17) is 4.74 Å². The van der Waals surface area contributed by atoms with E-state index in [0.717, 1.165) is 6.07 Å². The molecule has 0 radical (unpaired) electrons. The van der Waals surface area contributed by atoms with Crippen molar-refractivity contribution in [2.24, 2.45) is 5.10 Å². The molecule has 210 valence electrons. The molecule has 0 fully saturated rings. The van der Waals surface area contributed by atoms with Crippen LogP contribution >= 0.6 is 0 Å². The first-order valence-electron chi connectivity index (χ1n) is 12.1. The van der Waals surface area contributed by atoms with Gasteiger partial charge in [-0.05, 0) is 78.4 Å². The number of hydrogen-bond donors (Lipinski definition) is 2. The van der Waals surface area contributed by atoms with Crippen molar-refractivity contribution in [3.05, 3.63) is 120 Å². The summed E-state index contributed by atoms with van der Waals surface area (Å²) in [7, 11) is -4.26. The number of benzene rings is 4. The summed E-state index contributed by atoms with van der Waals surface area (Å²) in [6.45, 7) is -0.993. The van der Waals surface area contributed by atoms with E-state index in [1.807, 2.05) is 0 Å². The van der Waals surface area contributed by atoms with Crippen LogP contribution in [0.25, 0.3) is 0 Å². The SMILES string of the molecule is O=C(CN(c1ccccc1F)S(=O)(=O)c1ccccc1)N/N=C\c1ccc(OCC(=O)Nc2ccc(F)cc2)cc1. The van der Waals surface area contributed by atoms with Crippen LogP contribution < -0.4 is 19.8 Å². The van der Waals surface area contributed by atoms with E-state index < -0.39 is 40.0 Å². The Bertz CT molecular complexity index is 1630. The monoisotopic (exact) mass is 578 g/mol. The Balaban J connectivity index is 1.34. The maximum atomic E-state index is 14.5. The highest BCUT2D eigenvalue weighted by Crippen LogP contribution is 2.26. The Labute approximate surface area is 235 Å². The smallest absolute Gasteiger partial charge is 0.264 e. The van der Waals surface area contributed by atoms with Gasteiger partial charge in [-0.3, -0.25) is 13.9 Å². The average molecular weight is 579 g/mol. The number of halogens is 2. The van der Waals surface area contributed by atoms with Crippen molar-refractivity contribution in [3.63, 3.8) is 0 Å². The van der Waals surface area contributed by atoms with Crippen LogP contribution in [0.3, 0.4) is 0 Å². The van der Waals surface area contributed by atoms with Crippen molar-refractivity contribution in [1.29, 1.82) is 0 Å². The zero-order valence-electron chi connectivity index (χ0n) is 21.4. The molecule has 0 heterocycles. The molecular formula is C29H24F2N4O5S. The minimum Gasteiger partial charge on any atom is -0.484 e. The highest BCUT2D eigenvalue weighted by Gasteiger charge is 2.28. The van der Waals surface area contributed by atoms with E-state index in [0.29, 0.717) is 21.3 Å². The first-order valence-corrected chi connectivity index (χ1v) is 13.6. The molecule has 4 aromatic carbocycles. The van der Waals surface area contributed by atoms with Crippen LogP contribution in [0.5, 0.6) is 5.75 Å². The highest BCUT2D eigenvalue weighted by molar-refractivity contribution is 7.92. The summed E-state index contributed by atoms with van der Waals surface area (Å²) in [4.78, 5) is 24.5. The lowest BCUT2D eigenvalue weighted by atomic mass is 10.2. The van der Waals surface area contributed by atoms with Crippen LogP contribution in [0, 0.1) is 11.6 Å². The molecule has 4 rings (SSSR count). The zero-order chi connectivity index (χ0) is 29.2. The number of nitrogens with one attached hydrogen (secondary N) is 2. The van der Waals surface area contributed by atoms with Gasteiger partial charge in [-0.15, -0.1) is 0 Å². The highest BCUT2D eigenvalue weighted by atomic mass is 32.2. The van der Waals surface area contributed by atoms with Crippen LogP contribution in [-0.2, 0) is 19.6 Å². The second kappa shape index (κ2) is 13.3. The van der Waals surface area contributed by atoms with Crippen molar-refractivity contribution in [3.8, 4) is 5.75 Å². The molecule has 0 aliphatic carbocycles. The second-order valence-electron chi connectivity index (χ2n) is 8.48. The third kappa shape index (κ3) is 7.96. The molecule has 0 aliphatic rings. The van der Waals surface area contributed by atoms with Crippen LogP contribution in [0.1, 0.15) is 5.56 Å². The van der Waals surface area contributed by atoms with Gasteiger partial charge in [0, 0.05) is 5.69 Å². The number of anilines is 2. The second-order valence-corrected chi connectivity index (χ2v) is 10.3. The Hall–Kier alpha value is -5.10. The summed E-state index contributed by atoms with van der Waals surface area (Å²) in [6.07, 6.45) is 1.32. The topological polar surface area (TPSA) is 117 Å². The van der Waals surface area contributed by atoms with Gasteiger partial charge in [0.25, 0.3) is 21.8 Å². The molecule has 0 bridgehead atoms. The number of hydrazone groups is 1. The van der Waals surface area contributed by atoms with Gasteiger partial charge in [0.2, 0.25) is 0 Å². The fourth-order valence-corrected chi connectivity index (χ4v) is 5.00. The minimum atomic E-state index is -4.26. The molecule has 9 nitrogen and oxygen atoms in total. The van der Waals surface area contributed by atoms with E-state index in [9.17, 15) is 26.8 Å². The first kappa shape index (κ1) is 28.9. The first-order chi connectivity index (χ1) is 19.7. The molecule has 0 aromatic heterocycles. The standard InChI is InChI=1S/C29H24F2N4O5S/c30-22-12-14-23(15-13-22)33-29(37)20-40-24-16-10-21(11-17-24)18-32-34-28(36)19-35(27-9-5-4-8-26(27)31)41(38,39)25-6-2-1-3-7-25/h1-18H,19-20H2,(H,33,37)(H,34,36)/b32-18-. The molecule has 0 unspecified atom stereocenters. The number of rotatable bonds is 11. The third-order valence-corrected chi connectivity index (χ3v) is 7.29. The van der Waals surface area contributed by atoms with Gasteiger partial charge < -0.3 is 10.1 Å². The van der Waals surface area contributed by atoms with Crippen LogP contribution in [0.15, 0.2) is 113 Å². The summed E-state index contributed by atoms with van der Waals surface area (Å²) in [5, 5.41) is 6.43. The maximum absolute atomic E-state index is 14.5. The summed E-state index contributed by atoms with van der Waals surface area (Å²) in [6, 6.07) is 24.4. The molecule has 0 saturated heterocycles. The van der Waals surface area contributed by atoms with E-state index >= 15 is 0 Å². The van der Waals surface area contributed by atoms with Crippen molar-refractivity contribution in [2.75, 3.05) is 22.8 Å². The number of carbonyl (C=O) groups excluding carboxylic acids is 2.